The summed E-state index contributed by atoms with van der Waals surface area (Å²) in [5.41, 5.74) is 2.29. The lowest BCUT2D eigenvalue weighted by molar-refractivity contribution is -0.143. The topological polar surface area (TPSA) is 87.5 Å². The van der Waals surface area contributed by atoms with Crippen LogP contribution in [0.4, 0.5) is 10.5 Å². The molecule has 0 aliphatic carbocycles. The standard InChI is InChI=1S/C17H20N4O3/c1-20-11-14(15(19-20)12-5-3-2-4-6-12)18-17(24)21-9-7-13(8-10-21)16(22)23/h2-6,11,13H,7-10H2,1H3,(H,18,24)(H,22,23). The summed E-state index contributed by atoms with van der Waals surface area (Å²) < 4.78 is 1.66. The zero-order valence-corrected chi connectivity index (χ0v) is 13.5. The Bertz CT molecular complexity index is 734. The zero-order valence-electron chi connectivity index (χ0n) is 13.5. The highest BCUT2D eigenvalue weighted by atomic mass is 16.4. The van der Waals surface area contributed by atoms with Gasteiger partial charge in [0.1, 0.15) is 5.69 Å². The van der Waals surface area contributed by atoms with Crippen LogP contribution in [-0.4, -0.2) is 44.9 Å². The largest absolute Gasteiger partial charge is 0.481 e. The molecule has 2 heterocycles. The fourth-order valence-corrected chi connectivity index (χ4v) is 2.91. The molecule has 1 aliphatic rings. The number of nitrogens with one attached hydrogen (secondary N) is 1. The highest BCUT2D eigenvalue weighted by molar-refractivity contribution is 5.93. The Hall–Kier alpha value is -2.83. The van der Waals surface area contributed by atoms with Crippen molar-refractivity contribution < 1.29 is 14.7 Å². The number of amides is 2. The van der Waals surface area contributed by atoms with Gasteiger partial charge in [-0.25, -0.2) is 4.79 Å². The van der Waals surface area contributed by atoms with Crippen LogP contribution in [-0.2, 0) is 11.8 Å². The highest BCUT2D eigenvalue weighted by Crippen LogP contribution is 2.26. The Labute approximate surface area is 139 Å². The molecule has 7 nitrogen and oxygen atoms in total. The summed E-state index contributed by atoms with van der Waals surface area (Å²) in [6.45, 7) is 0.896. The highest BCUT2D eigenvalue weighted by Gasteiger charge is 2.27. The number of urea groups is 1. The van der Waals surface area contributed by atoms with E-state index in [1.165, 1.54) is 0 Å². The monoisotopic (exact) mass is 328 g/mol. The summed E-state index contributed by atoms with van der Waals surface area (Å²) >= 11 is 0. The minimum absolute atomic E-state index is 0.219. The second-order valence-corrected chi connectivity index (χ2v) is 5.96. The first-order chi connectivity index (χ1) is 11.5. The number of carboxylic acid groups (broad SMARTS) is 1. The van der Waals surface area contributed by atoms with Crippen molar-refractivity contribution in [1.29, 1.82) is 0 Å². The Morgan fingerprint density at radius 1 is 1.21 bits per heavy atom. The normalized spacial score (nSPS) is 15.3. The first-order valence-electron chi connectivity index (χ1n) is 7.92. The number of hydrogen-bond acceptors (Lipinski definition) is 3. The van der Waals surface area contributed by atoms with E-state index in [9.17, 15) is 9.59 Å². The molecule has 0 bridgehead atoms. The van der Waals surface area contributed by atoms with Gasteiger partial charge in [-0.15, -0.1) is 0 Å². The van der Waals surface area contributed by atoms with Gasteiger partial charge in [0.15, 0.2) is 0 Å². The molecule has 0 saturated carbocycles. The molecule has 126 valence electrons. The number of likely N-dealkylation sites (tertiary alicyclic amines) is 1. The number of hydrogen-bond donors (Lipinski definition) is 2. The van der Waals surface area contributed by atoms with Crippen molar-refractivity contribution >= 4 is 17.7 Å². The number of rotatable bonds is 3. The average molecular weight is 328 g/mol. The van der Waals surface area contributed by atoms with Gasteiger partial charge in [-0.3, -0.25) is 9.48 Å². The summed E-state index contributed by atoms with van der Waals surface area (Å²) in [6, 6.07) is 9.44. The van der Waals surface area contributed by atoms with Gasteiger partial charge < -0.3 is 15.3 Å². The van der Waals surface area contributed by atoms with Crippen LogP contribution in [0.1, 0.15) is 12.8 Å². The molecule has 0 unspecified atom stereocenters. The summed E-state index contributed by atoms with van der Waals surface area (Å²) in [5.74, 6) is -1.14. The van der Waals surface area contributed by atoms with Crippen LogP contribution in [0.15, 0.2) is 36.5 Å². The molecule has 3 rings (SSSR count). The maximum atomic E-state index is 12.5. The fraction of sp³-hybridized carbons (Fsp3) is 0.353. The van der Waals surface area contributed by atoms with E-state index in [1.807, 2.05) is 30.3 Å². The van der Waals surface area contributed by atoms with E-state index < -0.39 is 5.97 Å². The van der Waals surface area contributed by atoms with Gasteiger partial charge in [0.05, 0.1) is 11.6 Å². The summed E-state index contributed by atoms with van der Waals surface area (Å²) in [7, 11) is 1.81. The lowest BCUT2D eigenvalue weighted by Crippen LogP contribution is -2.42. The lowest BCUT2D eigenvalue weighted by atomic mass is 9.97. The maximum Gasteiger partial charge on any atom is 0.321 e. The van der Waals surface area contributed by atoms with E-state index in [0.29, 0.717) is 37.3 Å². The van der Waals surface area contributed by atoms with Gasteiger partial charge in [-0.05, 0) is 12.8 Å². The number of nitrogens with zero attached hydrogens (tertiary/aromatic N) is 3. The first-order valence-corrected chi connectivity index (χ1v) is 7.92. The van der Waals surface area contributed by atoms with Crippen molar-refractivity contribution in [1.82, 2.24) is 14.7 Å². The van der Waals surface area contributed by atoms with Crippen LogP contribution < -0.4 is 5.32 Å². The molecule has 1 aromatic heterocycles. The molecule has 24 heavy (non-hydrogen) atoms. The third-order valence-electron chi connectivity index (χ3n) is 4.25. The summed E-state index contributed by atoms with van der Waals surface area (Å²) in [5, 5.41) is 16.4. The fourth-order valence-electron chi connectivity index (χ4n) is 2.91. The van der Waals surface area contributed by atoms with Gasteiger partial charge in [0, 0.05) is 31.9 Å². The average Bonchev–Trinajstić information content (AvgIpc) is 2.96. The Morgan fingerprint density at radius 2 is 1.88 bits per heavy atom. The SMILES string of the molecule is Cn1cc(NC(=O)N2CCC(C(=O)O)CC2)c(-c2ccccc2)n1. The van der Waals surface area contributed by atoms with Crippen LogP contribution in [0, 0.1) is 5.92 Å². The molecule has 1 saturated heterocycles. The molecule has 1 fully saturated rings. The maximum absolute atomic E-state index is 12.5. The first kappa shape index (κ1) is 16.0. The predicted molar refractivity (Wildman–Crippen MR) is 89.6 cm³/mol. The molecule has 2 N–H and O–H groups in total. The van der Waals surface area contributed by atoms with Crippen molar-refractivity contribution in [3.63, 3.8) is 0 Å². The van der Waals surface area contributed by atoms with Crippen molar-refractivity contribution in [3.8, 4) is 11.3 Å². The number of carboxylic acids is 1. The minimum Gasteiger partial charge on any atom is -0.481 e. The van der Waals surface area contributed by atoms with Gasteiger partial charge in [0.2, 0.25) is 0 Å². The molecule has 0 radical (unpaired) electrons. The number of piperidine rings is 1. The second kappa shape index (κ2) is 6.74. The third-order valence-corrected chi connectivity index (χ3v) is 4.25. The number of anilines is 1. The number of aryl methyl sites for hydroxylation is 1. The Balaban J connectivity index is 1.71. The number of carbonyl (C=O) groups excluding carboxylic acids is 1. The van der Waals surface area contributed by atoms with Crippen LogP contribution in [0.25, 0.3) is 11.3 Å². The molecule has 0 spiro atoms. The van der Waals surface area contributed by atoms with Gasteiger partial charge in [-0.1, -0.05) is 30.3 Å². The quantitative estimate of drug-likeness (QED) is 0.906. The Kier molecular flexibility index (Phi) is 4.50. The van der Waals surface area contributed by atoms with E-state index in [0.717, 1.165) is 5.56 Å². The molecule has 1 aromatic carbocycles. The lowest BCUT2D eigenvalue weighted by Gasteiger charge is -2.30. The predicted octanol–water partition coefficient (Wildman–Crippen LogP) is 2.42. The molecule has 0 atom stereocenters. The van der Waals surface area contributed by atoms with Gasteiger partial charge in [-0.2, -0.15) is 5.10 Å². The number of aliphatic carboxylic acids is 1. The minimum atomic E-state index is -0.784. The smallest absolute Gasteiger partial charge is 0.321 e. The number of benzene rings is 1. The van der Waals surface area contributed by atoms with E-state index in [4.69, 9.17) is 5.11 Å². The van der Waals surface area contributed by atoms with E-state index in [-0.39, 0.29) is 11.9 Å². The molecule has 2 aromatic rings. The molecule has 7 heteroatoms. The van der Waals surface area contributed by atoms with Crippen molar-refractivity contribution in [2.45, 2.75) is 12.8 Å². The molecule has 1 aliphatic heterocycles. The van der Waals surface area contributed by atoms with Crippen LogP contribution >= 0.6 is 0 Å². The summed E-state index contributed by atoms with van der Waals surface area (Å²) in [4.78, 5) is 25.1. The molecule has 2 amide bonds. The Morgan fingerprint density at radius 3 is 2.50 bits per heavy atom. The van der Waals surface area contributed by atoms with Crippen molar-refractivity contribution in [2.24, 2.45) is 13.0 Å². The summed E-state index contributed by atoms with van der Waals surface area (Å²) in [6.07, 6.45) is 2.74. The number of carbonyl (C=O) groups is 2. The van der Waals surface area contributed by atoms with Crippen LogP contribution in [0.3, 0.4) is 0 Å². The second-order valence-electron chi connectivity index (χ2n) is 5.96. The van der Waals surface area contributed by atoms with Crippen LogP contribution in [0.5, 0.6) is 0 Å². The van der Waals surface area contributed by atoms with Crippen molar-refractivity contribution in [2.75, 3.05) is 18.4 Å². The van der Waals surface area contributed by atoms with E-state index in [1.54, 1.807) is 22.8 Å². The van der Waals surface area contributed by atoms with Gasteiger partial charge >= 0.3 is 12.0 Å². The molecular formula is C17H20N4O3. The molecular weight excluding hydrogens is 308 g/mol. The van der Waals surface area contributed by atoms with E-state index >= 15 is 0 Å². The number of aromatic nitrogens is 2. The third kappa shape index (κ3) is 3.40. The van der Waals surface area contributed by atoms with Gasteiger partial charge in [0.25, 0.3) is 0 Å². The zero-order chi connectivity index (χ0) is 17.1. The van der Waals surface area contributed by atoms with Crippen LogP contribution in [0.2, 0.25) is 0 Å². The van der Waals surface area contributed by atoms with E-state index in [2.05, 4.69) is 10.4 Å². The van der Waals surface area contributed by atoms with Crippen molar-refractivity contribution in [3.05, 3.63) is 36.5 Å².